The monoisotopic (exact) mass is 492 g/mol. The minimum absolute atomic E-state index is 0.00842. The maximum Gasteiger partial charge on any atom is 0.367 e. The number of fused-ring (bicyclic) bond motifs is 1. The number of hydrogen-bond donors (Lipinski definition) is 0. The number of carbonyl (C=O) groups is 2. The number of benzene rings is 3. The number of rotatable bonds is 4. The van der Waals surface area contributed by atoms with Gasteiger partial charge in [-0.1, -0.05) is 75.8 Å². The van der Waals surface area contributed by atoms with Crippen LogP contribution in [0.4, 0.5) is 5.69 Å². The molecule has 1 aliphatic rings. The van der Waals surface area contributed by atoms with Crippen LogP contribution in [-0.2, 0) is 16.2 Å². The van der Waals surface area contributed by atoms with Crippen LogP contribution in [0.5, 0.6) is 0 Å². The summed E-state index contributed by atoms with van der Waals surface area (Å²) in [6.07, 6.45) is 0. The van der Waals surface area contributed by atoms with Gasteiger partial charge >= 0.3 is 5.97 Å². The zero-order valence-electron chi connectivity index (χ0n) is 15.6. The average Bonchev–Trinajstić information content (AvgIpc) is 3.00. The minimum atomic E-state index is -0.803. The van der Waals surface area contributed by atoms with Gasteiger partial charge in [0.05, 0.1) is 32.9 Å². The third kappa shape index (κ3) is 4.41. The Morgan fingerprint density at radius 3 is 2.42 bits per heavy atom. The van der Waals surface area contributed by atoms with Gasteiger partial charge in [-0.15, -0.1) is 0 Å². The van der Waals surface area contributed by atoms with Gasteiger partial charge in [0.25, 0.3) is 5.91 Å². The zero-order chi connectivity index (χ0) is 22.1. The smallest absolute Gasteiger partial charge is 0.312 e. The fraction of sp³-hybridized carbons (Fsp3) is 0.0455. The summed E-state index contributed by atoms with van der Waals surface area (Å²) in [4.78, 5) is 32.0. The van der Waals surface area contributed by atoms with E-state index in [4.69, 9.17) is 51.2 Å². The average molecular weight is 494 g/mol. The lowest BCUT2D eigenvalue weighted by Gasteiger charge is -2.17. The van der Waals surface area contributed by atoms with E-state index in [1.807, 2.05) is 0 Å². The molecule has 0 N–H and O–H groups in total. The van der Waals surface area contributed by atoms with Gasteiger partial charge in [0, 0.05) is 10.6 Å². The molecule has 0 fully saturated rings. The van der Waals surface area contributed by atoms with Gasteiger partial charge in [-0.25, -0.2) is 4.79 Å². The summed E-state index contributed by atoms with van der Waals surface area (Å²) in [6, 6.07) is 16.6. The predicted octanol–water partition coefficient (Wildman–Crippen LogP) is 6.41. The highest BCUT2D eigenvalue weighted by molar-refractivity contribution is 6.54. The molecular weight excluding hydrogens is 482 g/mol. The second-order valence-corrected chi connectivity index (χ2v) is 8.26. The molecule has 0 saturated carbocycles. The number of anilines is 1. The van der Waals surface area contributed by atoms with Crippen molar-refractivity contribution in [2.24, 2.45) is 5.16 Å². The molecule has 0 aromatic heterocycles. The summed E-state index contributed by atoms with van der Waals surface area (Å²) < 4.78 is 0. The molecule has 1 heterocycles. The van der Waals surface area contributed by atoms with Gasteiger partial charge in [-0.3, -0.25) is 4.79 Å². The van der Waals surface area contributed by atoms with Gasteiger partial charge < -0.3 is 9.74 Å². The molecule has 1 amide bonds. The second kappa shape index (κ2) is 8.89. The van der Waals surface area contributed by atoms with Gasteiger partial charge in [0.1, 0.15) is 0 Å². The van der Waals surface area contributed by atoms with Crippen molar-refractivity contribution in [3.05, 3.63) is 97.4 Å². The van der Waals surface area contributed by atoms with Gasteiger partial charge in [-0.2, -0.15) is 0 Å². The highest BCUT2D eigenvalue weighted by Gasteiger charge is 2.35. The fourth-order valence-corrected chi connectivity index (χ4v) is 3.93. The van der Waals surface area contributed by atoms with Crippen LogP contribution in [0.2, 0.25) is 20.1 Å². The molecule has 0 spiro atoms. The van der Waals surface area contributed by atoms with E-state index in [1.165, 1.54) is 23.1 Å². The molecule has 0 aliphatic carbocycles. The summed E-state index contributed by atoms with van der Waals surface area (Å²) in [5.41, 5.74) is 2.06. The van der Waals surface area contributed by atoms with Crippen LogP contribution in [0.1, 0.15) is 21.5 Å². The lowest BCUT2D eigenvalue weighted by atomic mass is 10.1. The van der Waals surface area contributed by atoms with Gasteiger partial charge in [0.2, 0.25) is 0 Å². The van der Waals surface area contributed by atoms with Crippen molar-refractivity contribution in [3.63, 3.8) is 0 Å². The Balaban J connectivity index is 1.62. The van der Waals surface area contributed by atoms with Crippen LogP contribution >= 0.6 is 46.4 Å². The van der Waals surface area contributed by atoms with Crippen LogP contribution in [0, 0.1) is 0 Å². The van der Waals surface area contributed by atoms with E-state index < -0.39 is 11.9 Å². The van der Waals surface area contributed by atoms with E-state index in [1.54, 1.807) is 42.5 Å². The molecular formula is C22H12Cl4N2O3. The number of para-hydroxylation sites is 1. The molecule has 9 heteroatoms. The summed E-state index contributed by atoms with van der Waals surface area (Å²) in [7, 11) is 0. The van der Waals surface area contributed by atoms with Crippen molar-refractivity contribution in [1.29, 1.82) is 0 Å². The number of halogens is 4. The van der Waals surface area contributed by atoms with Crippen molar-refractivity contribution in [2.75, 3.05) is 4.90 Å². The highest BCUT2D eigenvalue weighted by Crippen LogP contribution is 2.32. The van der Waals surface area contributed by atoms with E-state index in [0.717, 1.165) is 5.56 Å². The number of amides is 1. The summed E-state index contributed by atoms with van der Waals surface area (Å²) in [5, 5.41) is 5.16. The molecule has 156 valence electrons. The van der Waals surface area contributed by atoms with Crippen molar-refractivity contribution in [3.8, 4) is 0 Å². The third-order valence-electron chi connectivity index (χ3n) is 4.59. The highest BCUT2D eigenvalue weighted by atomic mass is 35.5. The molecule has 0 radical (unpaired) electrons. The Morgan fingerprint density at radius 1 is 0.903 bits per heavy atom. The normalized spacial score (nSPS) is 14.1. The van der Waals surface area contributed by atoms with E-state index in [9.17, 15) is 9.59 Å². The summed E-state index contributed by atoms with van der Waals surface area (Å²) >= 11 is 24.0. The van der Waals surface area contributed by atoms with E-state index in [-0.39, 0.29) is 22.8 Å². The molecule has 0 bridgehead atoms. The molecule has 31 heavy (non-hydrogen) atoms. The first-order valence-corrected chi connectivity index (χ1v) is 10.5. The molecule has 3 aromatic carbocycles. The SMILES string of the molecule is O=C(ON=C1C(=O)N(Cc2ccc(Cl)c(Cl)c2)c2ccccc21)c1ccc(Cl)cc1Cl. The maximum absolute atomic E-state index is 13.1. The number of hydrogen-bond acceptors (Lipinski definition) is 4. The zero-order valence-corrected chi connectivity index (χ0v) is 18.6. The molecule has 0 atom stereocenters. The van der Waals surface area contributed by atoms with Crippen molar-refractivity contribution in [2.45, 2.75) is 6.54 Å². The van der Waals surface area contributed by atoms with Crippen LogP contribution in [0.25, 0.3) is 0 Å². The predicted molar refractivity (Wildman–Crippen MR) is 123 cm³/mol. The number of oxime groups is 1. The van der Waals surface area contributed by atoms with Crippen molar-refractivity contribution >= 4 is 69.7 Å². The van der Waals surface area contributed by atoms with Crippen molar-refractivity contribution < 1.29 is 14.4 Å². The Morgan fingerprint density at radius 2 is 1.68 bits per heavy atom. The topological polar surface area (TPSA) is 59.0 Å². The Labute approximate surface area is 197 Å². The molecule has 4 rings (SSSR count). The lowest BCUT2D eigenvalue weighted by Crippen LogP contribution is -2.29. The molecule has 0 unspecified atom stereocenters. The number of carbonyl (C=O) groups excluding carboxylic acids is 2. The maximum atomic E-state index is 13.1. The Hall–Kier alpha value is -2.57. The molecule has 0 saturated heterocycles. The third-order valence-corrected chi connectivity index (χ3v) is 5.88. The second-order valence-electron chi connectivity index (χ2n) is 6.60. The Kier molecular flexibility index (Phi) is 6.21. The van der Waals surface area contributed by atoms with Crippen molar-refractivity contribution in [1.82, 2.24) is 0 Å². The van der Waals surface area contributed by atoms with Gasteiger partial charge in [0.15, 0.2) is 5.71 Å². The van der Waals surface area contributed by atoms with Crippen LogP contribution in [-0.4, -0.2) is 17.6 Å². The quantitative estimate of drug-likeness (QED) is 0.311. The first-order valence-electron chi connectivity index (χ1n) is 8.94. The standard InChI is InChI=1S/C22H12Cl4N2O3/c23-13-6-7-14(17(25)10-13)22(30)31-27-20-15-3-1-2-4-19(15)28(21(20)29)11-12-5-8-16(24)18(26)9-12/h1-10H,11H2. The summed E-state index contributed by atoms with van der Waals surface area (Å²) in [6.45, 7) is 0.239. The first kappa shape index (κ1) is 21.7. The van der Waals surface area contributed by atoms with Crippen LogP contribution in [0.15, 0.2) is 65.8 Å². The lowest BCUT2D eigenvalue weighted by molar-refractivity contribution is -0.112. The summed E-state index contributed by atoms with van der Waals surface area (Å²) in [5.74, 6) is -1.22. The first-order chi connectivity index (χ1) is 14.8. The molecule has 1 aliphatic heterocycles. The van der Waals surface area contributed by atoms with Crippen LogP contribution < -0.4 is 4.90 Å². The van der Waals surface area contributed by atoms with E-state index >= 15 is 0 Å². The largest absolute Gasteiger partial charge is 0.367 e. The van der Waals surface area contributed by atoms with Crippen LogP contribution in [0.3, 0.4) is 0 Å². The van der Waals surface area contributed by atoms with E-state index in [0.29, 0.717) is 26.3 Å². The Bertz CT molecular complexity index is 1240. The molecule has 5 nitrogen and oxygen atoms in total. The van der Waals surface area contributed by atoms with Gasteiger partial charge in [-0.05, 0) is 42.0 Å². The minimum Gasteiger partial charge on any atom is -0.312 e. The fourth-order valence-electron chi connectivity index (χ4n) is 3.12. The molecule has 3 aromatic rings. The number of nitrogens with zero attached hydrogens (tertiary/aromatic N) is 2. The van der Waals surface area contributed by atoms with E-state index in [2.05, 4.69) is 5.16 Å².